The van der Waals surface area contributed by atoms with Gasteiger partial charge in [0.25, 0.3) is 0 Å². The Morgan fingerprint density at radius 3 is 2.41 bits per heavy atom. The molecule has 2 heterocycles. The number of carboxylic acid groups (broad SMARTS) is 1. The zero-order valence-corrected chi connectivity index (χ0v) is 18.9. The van der Waals surface area contributed by atoms with E-state index in [1.807, 2.05) is 0 Å². The Labute approximate surface area is 197 Å². The number of primary amides is 1. The van der Waals surface area contributed by atoms with Crippen molar-refractivity contribution in [2.45, 2.75) is 62.7 Å². The molecule has 6 N–H and O–H groups in total. The third-order valence-electron chi connectivity index (χ3n) is 6.13. The van der Waals surface area contributed by atoms with Crippen LogP contribution in [0.25, 0.3) is 0 Å². The molecule has 4 atom stereocenters. The number of nitrogens with zero attached hydrogens (tertiary/aromatic N) is 1. The average molecular weight is 474 g/mol. The molecule has 0 bridgehead atoms. The summed E-state index contributed by atoms with van der Waals surface area (Å²) in [6.07, 6.45) is 2.19. The van der Waals surface area contributed by atoms with E-state index in [9.17, 15) is 29.1 Å². The van der Waals surface area contributed by atoms with E-state index in [2.05, 4.69) is 16.0 Å². The van der Waals surface area contributed by atoms with Crippen LogP contribution >= 0.6 is 0 Å². The molecule has 1 aromatic carbocycles. The molecular weight excluding hydrogens is 442 g/mol. The summed E-state index contributed by atoms with van der Waals surface area (Å²) in [5, 5.41) is 17.6. The molecule has 34 heavy (non-hydrogen) atoms. The maximum atomic E-state index is 13.0. The van der Waals surface area contributed by atoms with Crippen molar-refractivity contribution in [1.82, 2.24) is 20.9 Å². The van der Waals surface area contributed by atoms with Crippen molar-refractivity contribution >= 4 is 29.6 Å². The fourth-order valence-electron chi connectivity index (χ4n) is 4.40. The van der Waals surface area contributed by atoms with Gasteiger partial charge in [0.15, 0.2) is 0 Å². The van der Waals surface area contributed by atoms with Crippen LogP contribution < -0.4 is 21.7 Å². The summed E-state index contributed by atoms with van der Waals surface area (Å²) >= 11 is 0. The number of amides is 4. The van der Waals surface area contributed by atoms with Gasteiger partial charge in [0.2, 0.25) is 23.6 Å². The SMILES string of the molecule is NC(=O)CC(NC(=O)C1CCCN1C(=O)C1CCCN1)C(=O)NC(Cc1ccccc1)C(=O)O. The van der Waals surface area contributed by atoms with Gasteiger partial charge in [-0.15, -0.1) is 0 Å². The van der Waals surface area contributed by atoms with Crippen LogP contribution in [0.1, 0.15) is 37.7 Å². The number of aliphatic carboxylic acids is 1. The molecule has 0 aromatic heterocycles. The fourth-order valence-corrected chi connectivity index (χ4v) is 4.40. The molecule has 4 unspecified atom stereocenters. The van der Waals surface area contributed by atoms with Gasteiger partial charge in [-0.3, -0.25) is 19.2 Å². The van der Waals surface area contributed by atoms with Gasteiger partial charge in [0.05, 0.1) is 12.5 Å². The summed E-state index contributed by atoms with van der Waals surface area (Å²) in [5.74, 6) is -3.63. The predicted molar refractivity (Wildman–Crippen MR) is 121 cm³/mol. The number of rotatable bonds is 10. The number of likely N-dealkylation sites (tertiary alicyclic amines) is 1. The molecule has 2 aliphatic heterocycles. The van der Waals surface area contributed by atoms with Crippen molar-refractivity contribution in [3.05, 3.63) is 35.9 Å². The van der Waals surface area contributed by atoms with Crippen LogP contribution in [0, 0.1) is 0 Å². The summed E-state index contributed by atoms with van der Waals surface area (Å²) in [6.45, 7) is 1.18. The highest BCUT2D eigenvalue weighted by Crippen LogP contribution is 2.21. The molecule has 11 nitrogen and oxygen atoms in total. The van der Waals surface area contributed by atoms with Gasteiger partial charge in [-0.1, -0.05) is 30.3 Å². The highest BCUT2D eigenvalue weighted by Gasteiger charge is 2.39. The van der Waals surface area contributed by atoms with E-state index >= 15 is 0 Å². The third-order valence-corrected chi connectivity index (χ3v) is 6.13. The monoisotopic (exact) mass is 473 g/mol. The third kappa shape index (κ3) is 6.53. The van der Waals surface area contributed by atoms with Crippen molar-refractivity contribution in [1.29, 1.82) is 0 Å². The molecular formula is C23H31N5O6. The standard InChI is InChI=1S/C23H31N5O6/c24-19(29)13-16(20(30)27-17(23(33)34)12-14-6-2-1-3-7-14)26-21(31)18-9-5-11-28(18)22(32)15-8-4-10-25-15/h1-3,6-7,15-18,25H,4-5,8-13H2,(H2,24,29)(H,26,31)(H,27,30)(H,33,34). The van der Waals surface area contributed by atoms with E-state index < -0.39 is 48.2 Å². The minimum absolute atomic E-state index is 0.0262. The smallest absolute Gasteiger partial charge is 0.326 e. The molecule has 3 rings (SSSR count). The van der Waals surface area contributed by atoms with E-state index in [0.29, 0.717) is 31.4 Å². The largest absolute Gasteiger partial charge is 0.480 e. The summed E-state index contributed by atoms with van der Waals surface area (Å²) in [4.78, 5) is 63.5. The number of carbonyl (C=O) groups is 5. The highest BCUT2D eigenvalue weighted by molar-refractivity contribution is 5.96. The lowest BCUT2D eigenvalue weighted by Crippen LogP contribution is -2.57. The first-order valence-electron chi connectivity index (χ1n) is 11.5. The highest BCUT2D eigenvalue weighted by atomic mass is 16.4. The first-order valence-corrected chi connectivity index (χ1v) is 11.5. The maximum absolute atomic E-state index is 13.0. The molecule has 2 fully saturated rings. The molecule has 11 heteroatoms. The first-order chi connectivity index (χ1) is 16.3. The first kappa shape index (κ1) is 25.2. The zero-order valence-electron chi connectivity index (χ0n) is 18.9. The van der Waals surface area contributed by atoms with Crippen molar-refractivity contribution in [2.75, 3.05) is 13.1 Å². The molecule has 1 aromatic rings. The molecule has 0 radical (unpaired) electrons. The van der Waals surface area contributed by atoms with Crippen LogP contribution in [0.2, 0.25) is 0 Å². The van der Waals surface area contributed by atoms with Crippen LogP contribution in [0.4, 0.5) is 0 Å². The number of nitrogens with one attached hydrogen (secondary N) is 3. The Morgan fingerprint density at radius 2 is 1.79 bits per heavy atom. The van der Waals surface area contributed by atoms with Crippen LogP contribution in [0.3, 0.4) is 0 Å². The Balaban J connectivity index is 1.67. The van der Waals surface area contributed by atoms with Crippen LogP contribution in [0.5, 0.6) is 0 Å². The van der Waals surface area contributed by atoms with E-state index in [1.165, 1.54) is 4.90 Å². The van der Waals surface area contributed by atoms with Crippen molar-refractivity contribution < 1.29 is 29.1 Å². The van der Waals surface area contributed by atoms with Gasteiger partial charge >= 0.3 is 5.97 Å². The Bertz CT molecular complexity index is 918. The number of carbonyl (C=O) groups excluding carboxylic acids is 4. The lowest BCUT2D eigenvalue weighted by molar-refractivity contribution is -0.143. The summed E-state index contributed by atoms with van der Waals surface area (Å²) in [7, 11) is 0. The van der Waals surface area contributed by atoms with E-state index in [1.54, 1.807) is 30.3 Å². The second-order valence-corrected chi connectivity index (χ2v) is 8.66. The lowest BCUT2D eigenvalue weighted by Gasteiger charge is -2.28. The number of carboxylic acids is 1. The van der Waals surface area contributed by atoms with Crippen molar-refractivity contribution in [3.8, 4) is 0 Å². The maximum Gasteiger partial charge on any atom is 0.326 e. The summed E-state index contributed by atoms with van der Waals surface area (Å²) < 4.78 is 0. The van der Waals surface area contributed by atoms with Crippen molar-refractivity contribution in [2.24, 2.45) is 5.73 Å². The van der Waals surface area contributed by atoms with Gasteiger partial charge in [0.1, 0.15) is 18.1 Å². The molecule has 0 spiro atoms. The lowest BCUT2D eigenvalue weighted by atomic mass is 10.0. The predicted octanol–water partition coefficient (Wildman–Crippen LogP) is -1.10. The van der Waals surface area contributed by atoms with E-state index in [0.717, 1.165) is 13.0 Å². The Kier molecular flexibility index (Phi) is 8.58. The molecule has 184 valence electrons. The summed E-state index contributed by atoms with van der Waals surface area (Å²) in [5.41, 5.74) is 5.97. The Hall–Kier alpha value is -3.47. The minimum Gasteiger partial charge on any atom is -0.480 e. The normalized spacial score (nSPS) is 21.5. The van der Waals surface area contributed by atoms with Gasteiger partial charge in [-0.05, 0) is 37.8 Å². The molecule has 4 amide bonds. The quantitative estimate of drug-likeness (QED) is 0.287. The number of nitrogens with two attached hydrogens (primary N) is 1. The van der Waals surface area contributed by atoms with Crippen molar-refractivity contribution in [3.63, 3.8) is 0 Å². The molecule has 2 saturated heterocycles. The van der Waals surface area contributed by atoms with Gasteiger partial charge in [-0.25, -0.2) is 4.79 Å². The van der Waals surface area contributed by atoms with Gasteiger partial charge in [-0.2, -0.15) is 0 Å². The van der Waals surface area contributed by atoms with E-state index in [-0.39, 0.29) is 18.4 Å². The van der Waals surface area contributed by atoms with Crippen LogP contribution in [-0.4, -0.2) is 76.9 Å². The van der Waals surface area contributed by atoms with Gasteiger partial charge < -0.3 is 31.7 Å². The minimum atomic E-state index is -1.36. The topological polar surface area (TPSA) is 171 Å². The molecule has 2 aliphatic rings. The molecule has 0 aliphatic carbocycles. The Morgan fingerprint density at radius 1 is 1.06 bits per heavy atom. The second-order valence-electron chi connectivity index (χ2n) is 8.66. The number of benzene rings is 1. The number of hydrogen-bond acceptors (Lipinski definition) is 6. The summed E-state index contributed by atoms with van der Waals surface area (Å²) in [6, 6.07) is 5.04. The second kappa shape index (κ2) is 11.6. The van der Waals surface area contributed by atoms with E-state index in [4.69, 9.17) is 5.73 Å². The zero-order chi connectivity index (χ0) is 24.7. The molecule has 0 saturated carbocycles. The average Bonchev–Trinajstić information content (AvgIpc) is 3.50. The number of hydrogen-bond donors (Lipinski definition) is 5. The fraction of sp³-hybridized carbons (Fsp3) is 0.522. The van der Waals surface area contributed by atoms with Crippen LogP contribution in [-0.2, 0) is 30.4 Å². The van der Waals surface area contributed by atoms with Gasteiger partial charge in [0, 0.05) is 13.0 Å². The van der Waals surface area contributed by atoms with Crippen LogP contribution in [0.15, 0.2) is 30.3 Å².